The fourth-order valence-corrected chi connectivity index (χ4v) is 1.94. The van der Waals surface area contributed by atoms with E-state index in [1.165, 1.54) is 0 Å². The Kier molecular flexibility index (Phi) is 7.01. The minimum absolute atomic E-state index is 0.0253. The first kappa shape index (κ1) is 16.4. The van der Waals surface area contributed by atoms with Gasteiger partial charge in [-0.05, 0) is 25.0 Å². The Labute approximate surface area is 121 Å². The maximum absolute atomic E-state index is 12.6. The smallest absolute Gasteiger partial charge is 0.254 e. The zero-order chi connectivity index (χ0) is 15.0. The lowest BCUT2D eigenvalue weighted by atomic mass is 10.1. The fourth-order valence-electron chi connectivity index (χ4n) is 1.94. The van der Waals surface area contributed by atoms with Crippen LogP contribution in [0.4, 0.5) is 5.82 Å². The van der Waals surface area contributed by atoms with Crippen molar-refractivity contribution >= 4 is 11.7 Å². The zero-order valence-corrected chi connectivity index (χ0v) is 12.8. The van der Waals surface area contributed by atoms with E-state index in [4.69, 9.17) is 4.74 Å². The number of carbonyl (C=O) groups is 1. The van der Waals surface area contributed by atoms with Crippen molar-refractivity contribution in [1.29, 1.82) is 0 Å². The predicted octanol–water partition coefficient (Wildman–Crippen LogP) is 2.26. The molecule has 0 aliphatic carbocycles. The molecule has 0 saturated carbocycles. The van der Waals surface area contributed by atoms with Gasteiger partial charge in [0.1, 0.15) is 5.82 Å². The van der Waals surface area contributed by atoms with Crippen LogP contribution in [0.15, 0.2) is 18.3 Å². The minimum Gasteiger partial charge on any atom is -0.383 e. The first-order valence-corrected chi connectivity index (χ1v) is 7.06. The van der Waals surface area contributed by atoms with E-state index in [-0.39, 0.29) is 5.91 Å². The van der Waals surface area contributed by atoms with Crippen molar-refractivity contribution in [3.8, 4) is 0 Å². The molecular weight excluding hydrogens is 254 g/mol. The number of hydrogen-bond donors (Lipinski definition) is 1. The number of hydrogen-bond acceptors (Lipinski definition) is 4. The number of ether oxygens (including phenoxy) is 1. The number of carbonyl (C=O) groups excluding carboxylic acids is 1. The molecule has 1 heterocycles. The van der Waals surface area contributed by atoms with Crippen LogP contribution in [0.3, 0.4) is 0 Å². The maximum Gasteiger partial charge on any atom is 0.254 e. The van der Waals surface area contributed by atoms with Gasteiger partial charge < -0.3 is 15.0 Å². The number of anilines is 1. The molecule has 1 N–H and O–H groups in total. The Hall–Kier alpha value is -1.62. The third kappa shape index (κ3) is 5.17. The summed E-state index contributed by atoms with van der Waals surface area (Å²) in [4.78, 5) is 18.6. The summed E-state index contributed by atoms with van der Waals surface area (Å²) in [6, 6.07) is 3.55. The van der Waals surface area contributed by atoms with Crippen molar-refractivity contribution in [2.75, 3.05) is 38.7 Å². The van der Waals surface area contributed by atoms with Gasteiger partial charge in [-0.1, -0.05) is 13.8 Å². The van der Waals surface area contributed by atoms with Crippen LogP contribution in [0.5, 0.6) is 0 Å². The maximum atomic E-state index is 12.6. The van der Waals surface area contributed by atoms with Crippen molar-refractivity contribution in [3.63, 3.8) is 0 Å². The van der Waals surface area contributed by atoms with Crippen molar-refractivity contribution in [3.05, 3.63) is 23.9 Å². The molecule has 1 aromatic rings. The average molecular weight is 279 g/mol. The van der Waals surface area contributed by atoms with Crippen molar-refractivity contribution in [2.45, 2.75) is 20.8 Å². The average Bonchev–Trinajstić information content (AvgIpc) is 2.43. The molecule has 0 aromatic carbocycles. The van der Waals surface area contributed by atoms with E-state index in [0.29, 0.717) is 24.6 Å². The third-order valence-corrected chi connectivity index (χ3v) is 2.80. The van der Waals surface area contributed by atoms with Crippen molar-refractivity contribution in [2.24, 2.45) is 5.92 Å². The number of pyridine rings is 1. The van der Waals surface area contributed by atoms with E-state index in [9.17, 15) is 4.79 Å². The molecule has 0 radical (unpaired) electrons. The summed E-state index contributed by atoms with van der Waals surface area (Å²) in [6.45, 7) is 8.86. The van der Waals surface area contributed by atoms with E-state index >= 15 is 0 Å². The summed E-state index contributed by atoms with van der Waals surface area (Å²) in [5, 5.41) is 3.12. The summed E-state index contributed by atoms with van der Waals surface area (Å²) < 4.78 is 5.08. The Morgan fingerprint density at radius 2 is 2.25 bits per heavy atom. The second kappa shape index (κ2) is 8.53. The normalized spacial score (nSPS) is 10.7. The zero-order valence-electron chi connectivity index (χ0n) is 12.8. The number of nitrogens with zero attached hydrogens (tertiary/aromatic N) is 2. The summed E-state index contributed by atoms with van der Waals surface area (Å²) >= 11 is 0. The van der Waals surface area contributed by atoms with E-state index in [2.05, 4.69) is 24.1 Å². The molecule has 0 aliphatic heterocycles. The molecule has 0 unspecified atom stereocenters. The molecule has 0 fully saturated rings. The van der Waals surface area contributed by atoms with Gasteiger partial charge in [-0.3, -0.25) is 4.79 Å². The van der Waals surface area contributed by atoms with Crippen molar-refractivity contribution < 1.29 is 9.53 Å². The van der Waals surface area contributed by atoms with Crippen LogP contribution in [0, 0.1) is 5.92 Å². The number of aromatic nitrogens is 1. The Balaban J connectivity index is 2.84. The molecule has 0 atom stereocenters. The van der Waals surface area contributed by atoms with Crippen molar-refractivity contribution in [1.82, 2.24) is 9.88 Å². The minimum atomic E-state index is 0.0253. The van der Waals surface area contributed by atoms with Gasteiger partial charge in [-0.2, -0.15) is 0 Å². The van der Waals surface area contributed by atoms with E-state index in [0.717, 1.165) is 18.9 Å². The van der Waals surface area contributed by atoms with Crippen LogP contribution in [-0.4, -0.2) is 49.1 Å². The van der Waals surface area contributed by atoms with Gasteiger partial charge in [-0.25, -0.2) is 4.98 Å². The topological polar surface area (TPSA) is 54.5 Å². The van der Waals surface area contributed by atoms with Gasteiger partial charge in [0.05, 0.1) is 6.61 Å². The summed E-state index contributed by atoms with van der Waals surface area (Å²) in [5.74, 6) is 1.18. The van der Waals surface area contributed by atoms with Crippen LogP contribution >= 0.6 is 0 Å². The van der Waals surface area contributed by atoms with E-state index in [1.54, 1.807) is 25.4 Å². The monoisotopic (exact) mass is 279 g/mol. The van der Waals surface area contributed by atoms with Crippen LogP contribution in [0.1, 0.15) is 31.1 Å². The van der Waals surface area contributed by atoms with Gasteiger partial charge >= 0.3 is 0 Å². The summed E-state index contributed by atoms with van der Waals surface area (Å²) in [6.07, 6.45) is 1.66. The van der Waals surface area contributed by atoms with Gasteiger partial charge in [-0.15, -0.1) is 0 Å². The molecule has 0 bridgehead atoms. The molecule has 1 amide bonds. The van der Waals surface area contributed by atoms with Gasteiger partial charge in [0.25, 0.3) is 5.91 Å². The molecule has 5 heteroatoms. The molecule has 1 rings (SSSR count). The highest BCUT2D eigenvalue weighted by molar-refractivity contribution is 5.94. The summed E-state index contributed by atoms with van der Waals surface area (Å²) in [5.41, 5.74) is 0.660. The third-order valence-electron chi connectivity index (χ3n) is 2.80. The predicted molar refractivity (Wildman–Crippen MR) is 81.0 cm³/mol. The lowest BCUT2D eigenvalue weighted by Crippen LogP contribution is -2.36. The molecule has 0 spiro atoms. The van der Waals surface area contributed by atoms with Gasteiger partial charge in [0.15, 0.2) is 0 Å². The molecule has 20 heavy (non-hydrogen) atoms. The fraction of sp³-hybridized carbons (Fsp3) is 0.600. The number of rotatable bonds is 8. The molecule has 5 nitrogen and oxygen atoms in total. The Morgan fingerprint density at radius 1 is 1.50 bits per heavy atom. The Bertz CT molecular complexity index is 421. The van der Waals surface area contributed by atoms with Crippen LogP contribution in [-0.2, 0) is 4.74 Å². The largest absolute Gasteiger partial charge is 0.383 e. The standard InChI is InChI=1S/C15H25N3O2/c1-5-16-14-10-13(6-7-17-14)15(19)18(8-9-20-4)11-12(2)3/h6-7,10,12H,5,8-9,11H2,1-4H3,(H,16,17). The van der Waals surface area contributed by atoms with E-state index in [1.807, 2.05) is 11.8 Å². The van der Waals surface area contributed by atoms with Crippen LogP contribution in [0.2, 0.25) is 0 Å². The Morgan fingerprint density at radius 3 is 2.85 bits per heavy atom. The second-order valence-corrected chi connectivity index (χ2v) is 5.10. The molecule has 112 valence electrons. The molecule has 0 saturated heterocycles. The first-order chi connectivity index (χ1) is 9.58. The molecule has 0 aliphatic rings. The quantitative estimate of drug-likeness (QED) is 0.793. The lowest BCUT2D eigenvalue weighted by Gasteiger charge is -2.24. The lowest BCUT2D eigenvalue weighted by molar-refractivity contribution is 0.0672. The SMILES string of the molecule is CCNc1cc(C(=O)N(CCOC)CC(C)C)ccn1. The van der Waals surface area contributed by atoms with Gasteiger partial charge in [0, 0.05) is 38.5 Å². The molecule has 1 aromatic heterocycles. The van der Waals surface area contributed by atoms with Gasteiger partial charge in [0.2, 0.25) is 0 Å². The highest BCUT2D eigenvalue weighted by atomic mass is 16.5. The summed E-state index contributed by atoms with van der Waals surface area (Å²) in [7, 11) is 1.65. The first-order valence-electron chi connectivity index (χ1n) is 7.06. The molecular formula is C15H25N3O2. The van der Waals surface area contributed by atoms with Crippen LogP contribution < -0.4 is 5.32 Å². The van der Waals surface area contributed by atoms with Crippen LogP contribution in [0.25, 0.3) is 0 Å². The van der Waals surface area contributed by atoms with E-state index < -0.39 is 0 Å². The number of methoxy groups -OCH3 is 1. The number of nitrogens with one attached hydrogen (secondary N) is 1. The number of amides is 1. The highest BCUT2D eigenvalue weighted by Crippen LogP contribution is 2.11. The highest BCUT2D eigenvalue weighted by Gasteiger charge is 2.17. The second-order valence-electron chi connectivity index (χ2n) is 5.10.